The second kappa shape index (κ2) is 16.2. The van der Waals surface area contributed by atoms with Crippen molar-refractivity contribution in [3.63, 3.8) is 0 Å². The van der Waals surface area contributed by atoms with Crippen molar-refractivity contribution in [1.82, 2.24) is 14.5 Å². The van der Waals surface area contributed by atoms with Crippen molar-refractivity contribution >= 4 is 33.0 Å². The first-order valence-corrected chi connectivity index (χ1v) is 23.9. The fourth-order valence-electron chi connectivity index (χ4n) is 9.72. The summed E-state index contributed by atoms with van der Waals surface area (Å²) >= 11 is 0. The summed E-state index contributed by atoms with van der Waals surface area (Å²) in [5, 5.41) is 14.7. The molecule has 0 spiro atoms. The smallest absolute Gasteiger partial charge is 0.153 e. The van der Waals surface area contributed by atoms with E-state index in [2.05, 4.69) is 226 Å². The van der Waals surface area contributed by atoms with E-state index in [1.54, 1.807) is 0 Å². The number of para-hydroxylation sites is 2. The average Bonchev–Trinajstić information content (AvgIpc) is 3.89. The lowest BCUT2D eigenvalue weighted by Crippen LogP contribution is -2.19. The summed E-state index contributed by atoms with van der Waals surface area (Å²) < 4.78 is 8.53. The Balaban J connectivity index is 1.30. The standard InChI is InChI=1S/C63H61N3O2/c1-60(2,3)43-29-30-53(48(34-43)39-21-14-12-15-22-39)66-54-27-20-26-46(57(54)65-59(66)50-35-44(61(4,5)6)36-51(58(50)67)62(7,8)9)40-31-41(33-45(32-40)63(10,11)42-23-16-13-17-24-42)52-37-49-47-25-18-19-28-55(47)68-56(49)38-64-52/h12-38,67H,1-11H3. The molecule has 0 amide bonds. The Morgan fingerprint density at radius 2 is 1.13 bits per heavy atom. The van der Waals surface area contributed by atoms with Crippen molar-refractivity contribution in [3.05, 3.63) is 192 Å². The number of phenols is 1. The second-order valence-electron chi connectivity index (χ2n) is 22.2. The van der Waals surface area contributed by atoms with E-state index in [9.17, 15) is 5.11 Å². The van der Waals surface area contributed by atoms with Crippen LogP contribution in [0.4, 0.5) is 0 Å². The zero-order chi connectivity index (χ0) is 47.9. The molecule has 0 saturated carbocycles. The molecule has 0 aliphatic heterocycles. The van der Waals surface area contributed by atoms with E-state index < -0.39 is 0 Å². The first-order chi connectivity index (χ1) is 32.3. The highest BCUT2D eigenvalue weighted by Gasteiger charge is 2.31. The Morgan fingerprint density at radius 3 is 1.84 bits per heavy atom. The third-order valence-electron chi connectivity index (χ3n) is 13.9. The molecule has 5 nitrogen and oxygen atoms in total. The van der Waals surface area contributed by atoms with Gasteiger partial charge in [0.05, 0.1) is 34.2 Å². The predicted molar refractivity (Wildman–Crippen MR) is 284 cm³/mol. The molecule has 5 heteroatoms. The lowest BCUT2D eigenvalue weighted by Gasteiger charge is -2.28. The van der Waals surface area contributed by atoms with Crippen LogP contribution >= 0.6 is 0 Å². The molecule has 0 bridgehead atoms. The van der Waals surface area contributed by atoms with Gasteiger partial charge in [-0.1, -0.05) is 185 Å². The van der Waals surface area contributed by atoms with Gasteiger partial charge in [-0.3, -0.25) is 9.55 Å². The van der Waals surface area contributed by atoms with Crippen molar-refractivity contribution < 1.29 is 9.52 Å². The number of rotatable bonds is 7. The molecule has 0 aliphatic rings. The summed E-state index contributed by atoms with van der Waals surface area (Å²) in [5.41, 5.74) is 15.8. The van der Waals surface area contributed by atoms with Gasteiger partial charge in [0.1, 0.15) is 17.2 Å². The lowest BCUT2D eigenvalue weighted by atomic mass is 9.76. The summed E-state index contributed by atoms with van der Waals surface area (Å²) in [6.07, 6.45) is 1.85. The van der Waals surface area contributed by atoms with Crippen molar-refractivity contribution in [2.45, 2.75) is 97.8 Å². The molecular weight excluding hydrogens is 831 g/mol. The number of hydrogen-bond acceptors (Lipinski definition) is 4. The number of furan rings is 1. The monoisotopic (exact) mass is 891 g/mol. The first kappa shape index (κ1) is 44.6. The Labute approximate surface area is 401 Å². The quantitative estimate of drug-likeness (QED) is 0.173. The van der Waals surface area contributed by atoms with Crippen LogP contribution in [0.2, 0.25) is 0 Å². The highest BCUT2D eigenvalue weighted by atomic mass is 16.3. The minimum atomic E-state index is -0.362. The average molecular weight is 892 g/mol. The van der Waals surface area contributed by atoms with Crippen molar-refractivity contribution in [3.8, 4) is 56.3 Å². The van der Waals surface area contributed by atoms with Crippen LogP contribution in [0.15, 0.2) is 168 Å². The van der Waals surface area contributed by atoms with Crippen LogP contribution in [0.25, 0.3) is 83.6 Å². The van der Waals surface area contributed by atoms with E-state index in [1.807, 2.05) is 18.3 Å². The number of imidazole rings is 1. The first-order valence-electron chi connectivity index (χ1n) is 23.9. The van der Waals surface area contributed by atoms with Gasteiger partial charge in [0.25, 0.3) is 0 Å². The minimum Gasteiger partial charge on any atom is -0.507 e. The molecule has 3 heterocycles. The minimum absolute atomic E-state index is 0.0870. The van der Waals surface area contributed by atoms with Crippen LogP contribution in [-0.4, -0.2) is 19.6 Å². The normalized spacial score (nSPS) is 12.7. The SMILES string of the molecule is CC(C)(C)c1ccc(-n2c(-c3cc(C(C)(C)C)cc(C(C)(C)C)c3O)nc3c(-c4cc(-c5cc6c(cn5)oc5ccccc56)cc(C(C)(C)c5ccccc5)c4)cccc32)c(-c2ccccc2)c1. The van der Waals surface area contributed by atoms with E-state index in [-0.39, 0.29) is 27.4 Å². The Hall–Kier alpha value is -7.24. The maximum atomic E-state index is 12.6. The molecule has 0 fully saturated rings. The fraction of sp³-hybridized carbons (Fsp3) is 0.238. The van der Waals surface area contributed by atoms with E-state index in [4.69, 9.17) is 14.4 Å². The van der Waals surface area contributed by atoms with Gasteiger partial charge < -0.3 is 9.52 Å². The van der Waals surface area contributed by atoms with Crippen LogP contribution < -0.4 is 0 Å². The molecule has 0 radical (unpaired) electrons. The third kappa shape index (κ3) is 7.88. The molecule has 10 aromatic rings. The van der Waals surface area contributed by atoms with Gasteiger partial charge in [0.2, 0.25) is 0 Å². The number of hydrogen-bond donors (Lipinski definition) is 1. The summed E-state index contributed by atoms with van der Waals surface area (Å²) in [7, 11) is 0. The van der Waals surface area contributed by atoms with Crippen LogP contribution in [0.3, 0.4) is 0 Å². The van der Waals surface area contributed by atoms with E-state index >= 15 is 0 Å². The molecule has 1 N–H and O–H groups in total. The third-order valence-corrected chi connectivity index (χ3v) is 13.9. The maximum absolute atomic E-state index is 12.6. The van der Waals surface area contributed by atoms with Gasteiger partial charge in [0, 0.05) is 38.4 Å². The zero-order valence-electron chi connectivity index (χ0n) is 41.3. The number of nitrogens with zero attached hydrogens (tertiary/aromatic N) is 3. The van der Waals surface area contributed by atoms with Crippen molar-refractivity contribution in [2.24, 2.45) is 0 Å². The van der Waals surface area contributed by atoms with Gasteiger partial charge in [-0.2, -0.15) is 0 Å². The Kier molecular flexibility index (Phi) is 10.6. The molecule has 10 rings (SSSR count). The summed E-state index contributed by atoms with van der Waals surface area (Å²) in [6.45, 7) is 24.6. The number of phenolic OH excluding ortho intramolecular Hbond substituents is 1. The maximum Gasteiger partial charge on any atom is 0.153 e. The van der Waals surface area contributed by atoms with Crippen molar-refractivity contribution in [1.29, 1.82) is 0 Å². The molecule has 0 aliphatic carbocycles. The van der Waals surface area contributed by atoms with Crippen molar-refractivity contribution in [2.75, 3.05) is 0 Å². The van der Waals surface area contributed by atoms with Gasteiger partial charge in [-0.15, -0.1) is 0 Å². The van der Waals surface area contributed by atoms with E-state index in [0.29, 0.717) is 11.4 Å². The molecule has 0 atom stereocenters. The van der Waals surface area contributed by atoms with Crippen LogP contribution in [0.5, 0.6) is 5.75 Å². The highest BCUT2D eigenvalue weighted by molar-refractivity contribution is 6.06. The lowest BCUT2D eigenvalue weighted by molar-refractivity contribution is 0.446. The Bertz CT molecular complexity index is 3530. The fourth-order valence-corrected chi connectivity index (χ4v) is 9.72. The van der Waals surface area contributed by atoms with E-state index in [1.165, 1.54) is 11.1 Å². The molecule has 3 aromatic heterocycles. The number of aromatic hydroxyl groups is 1. The summed E-state index contributed by atoms with van der Waals surface area (Å²) in [6, 6.07) is 56.3. The number of aromatic nitrogens is 3. The molecule has 0 unspecified atom stereocenters. The van der Waals surface area contributed by atoms with Gasteiger partial charge in [-0.25, -0.2) is 4.98 Å². The molecule has 68 heavy (non-hydrogen) atoms. The zero-order valence-corrected chi connectivity index (χ0v) is 41.3. The molecule has 340 valence electrons. The molecule has 7 aromatic carbocycles. The predicted octanol–water partition coefficient (Wildman–Crippen LogP) is 16.9. The summed E-state index contributed by atoms with van der Waals surface area (Å²) in [4.78, 5) is 10.8. The largest absolute Gasteiger partial charge is 0.507 e. The summed E-state index contributed by atoms with van der Waals surface area (Å²) in [5.74, 6) is 0.931. The number of benzene rings is 7. The number of pyridine rings is 1. The van der Waals surface area contributed by atoms with E-state index in [0.717, 1.165) is 88.9 Å². The van der Waals surface area contributed by atoms with Crippen LogP contribution in [0.1, 0.15) is 104 Å². The molecule has 0 saturated heterocycles. The topological polar surface area (TPSA) is 64.1 Å². The molecular formula is C63H61N3O2. The second-order valence-corrected chi connectivity index (χ2v) is 22.2. The highest BCUT2D eigenvalue weighted by Crippen LogP contribution is 2.47. The van der Waals surface area contributed by atoms with Crippen LogP contribution in [0, 0.1) is 0 Å². The van der Waals surface area contributed by atoms with Gasteiger partial charge in [-0.05, 0) is 98.2 Å². The van der Waals surface area contributed by atoms with Crippen LogP contribution in [-0.2, 0) is 21.7 Å². The Morgan fingerprint density at radius 1 is 0.471 bits per heavy atom. The van der Waals surface area contributed by atoms with Gasteiger partial charge >= 0.3 is 0 Å². The van der Waals surface area contributed by atoms with Gasteiger partial charge in [0.15, 0.2) is 5.58 Å². The number of fused-ring (bicyclic) bond motifs is 4.